The Morgan fingerprint density at radius 3 is 1.34 bits per heavy atom. The highest BCUT2D eigenvalue weighted by Gasteiger charge is 2.39. The van der Waals surface area contributed by atoms with Gasteiger partial charge in [0.05, 0.1) is 22.4 Å². The molecule has 77 heavy (non-hydrogen) atoms. The number of hydrogen-bond donors (Lipinski definition) is 4. The summed E-state index contributed by atoms with van der Waals surface area (Å²) < 4.78 is 96.1. The van der Waals surface area contributed by atoms with Crippen molar-refractivity contribution in [1.29, 1.82) is 0 Å². The van der Waals surface area contributed by atoms with Gasteiger partial charge in [-0.15, -0.1) is 20.4 Å². The van der Waals surface area contributed by atoms with Gasteiger partial charge in [0.15, 0.2) is 22.9 Å². The Kier molecular flexibility index (Phi) is 17.1. The predicted octanol–water partition coefficient (Wildman–Crippen LogP) is 9.60. The maximum atomic E-state index is 14.6. The smallest absolute Gasteiger partial charge is 0.475 e. The van der Waals surface area contributed by atoms with Crippen LogP contribution in [0.3, 0.4) is 0 Å². The Hall–Kier alpha value is -8.29. The maximum absolute atomic E-state index is 14.6. The Bertz CT molecular complexity index is 3360. The molecule has 10 rings (SSSR count). The van der Waals surface area contributed by atoms with Gasteiger partial charge >= 0.3 is 30.4 Å². The molecule has 0 radical (unpaired) electrons. The fourth-order valence-corrected chi connectivity index (χ4v) is 8.79. The molecule has 408 valence electrons. The van der Waals surface area contributed by atoms with E-state index in [9.17, 15) is 45.0 Å². The summed E-state index contributed by atoms with van der Waals surface area (Å²) >= 11 is 0. The first-order chi connectivity index (χ1) is 36.3. The lowest BCUT2D eigenvalue weighted by Crippen LogP contribution is -2.49. The van der Waals surface area contributed by atoms with E-state index < -0.39 is 35.9 Å². The number of nitrogens with two attached hydrogens (primary N) is 1. The molecule has 0 spiro atoms. The largest absolute Gasteiger partial charge is 0.490 e. The SMILES string of the molecule is CC(C)(C)N(CC1CCN(c2cc(F)cc3ccc(-c4nnc5ccccn45)nc23)CC1)C(=O)O.NCC1CCN(c2cc(F)cc3ccc(-c4nnc5ccccn45)nc23)CC1.O=C(O)C(F)(F)F.O=C(O)C(F)(F)F. The summed E-state index contributed by atoms with van der Waals surface area (Å²) in [6.07, 6.45) is -3.57. The molecule has 0 saturated carbocycles. The molecule has 18 nitrogen and oxygen atoms in total. The van der Waals surface area contributed by atoms with Crippen LogP contribution in [-0.2, 0) is 9.59 Å². The average molecular weight is 1080 g/mol. The Labute approximate surface area is 433 Å². The number of hydrogen-bond acceptors (Lipinski definition) is 12. The summed E-state index contributed by atoms with van der Waals surface area (Å²) in [6.45, 7) is 10.1. The molecule has 8 heterocycles. The Balaban J connectivity index is 0.000000182. The minimum absolute atomic E-state index is 0.245. The van der Waals surface area contributed by atoms with E-state index in [2.05, 4.69) is 30.2 Å². The Morgan fingerprint density at radius 2 is 0.987 bits per heavy atom. The molecule has 26 heteroatoms. The minimum atomic E-state index is -5.08. The standard InChI is InChI=1S/C26H29FN6O2.C21H21FN6.2C2HF3O2/c1-26(2,3)33(25(34)35)16-17-9-12-31(13-10-17)21-15-19(27)14-18-7-8-20(28-23(18)21)24-30-29-22-6-4-5-11-32(22)24;22-16-11-15-4-5-17(21-26-25-19-3-1-2-8-28(19)21)24-20(15)18(12-16)27-9-6-14(13-23)7-10-27;2*3-2(4,5)1(6)7/h4-8,11,14-15,17H,9-10,12-13,16H2,1-3H3,(H,34,35);1-5,8,11-12,14H,6-7,9-10,13,23H2;2*(H,6,7). The van der Waals surface area contributed by atoms with Crippen molar-refractivity contribution in [1.82, 2.24) is 44.1 Å². The van der Waals surface area contributed by atoms with E-state index >= 15 is 0 Å². The summed E-state index contributed by atoms with van der Waals surface area (Å²) in [5.74, 6) is -3.95. The van der Waals surface area contributed by atoms with Gasteiger partial charge in [-0.2, -0.15) is 26.3 Å². The molecular formula is C51H52F8N12O6. The number of rotatable bonds is 7. The number of pyridine rings is 4. The number of fused-ring (bicyclic) bond motifs is 4. The van der Waals surface area contributed by atoms with Gasteiger partial charge in [-0.25, -0.2) is 33.1 Å². The van der Waals surface area contributed by atoms with Gasteiger partial charge in [-0.05, 0) is 125 Å². The molecule has 0 unspecified atom stereocenters. The zero-order chi connectivity index (χ0) is 56.0. The van der Waals surface area contributed by atoms with E-state index in [1.54, 1.807) is 12.1 Å². The maximum Gasteiger partial charge on any atom is 0.490 e. The second-order valence-electron chi connectivity index (χ2n) is 19.1. The molecule has 5 N–H and O–H groups in total. The number of piperidine rings is 2. The van der Waals surface area contributed by atoms with E-state index in [0.29, 0.717) is 49.4 Å². The van der Waals surface area contributed by atoms with Crippen LogP contribution >= 0.6 is 0 Å². The molecule has 2 fully saturated rings. The van der Waals surface area contributed by atoms with Crippen LogP contribution < -0.4 is 15.5 Å². The van der Waals surface area contributed by atoms with E-state index in [0.717, 1.165) is 88.9 Å². The van der Waals surface area contributed by atoms with Crippen molar-refractivity contribution < 1.29 is 64.8 Å². The molecule has 0 atom stereocenters. The summed E-state index contributed by atoms with van der Waals surface area (Å²) in [5.41, 5.74) is 11.3. The van der Waals surface area contributed by atoms with E-state index in [1.807, 2.05) is 103 Å². The van der Waals surface area contributed by atoms with Crippen LogP contribution in [0.1, 0.15) is 46.5 Å². The predicted molar refractivity (Wildman–Crippen MR) is 268 cm³/mol. The van der Waals surface area contributed by atoms with Crippen molar-refractivity contribution in [3.05, 3.63) is 109 Å². The highest BCUT2D eigenvalue weighted by Crippen LogP contribution is 2.35. The number of benzene rings is 2. The summed E-state index contributed by atoms with van der Waals surface area (Å²) in [5, 5.41) is 42.5. The van der Waals surface area contributed by atoms with Gasteiger partial charge in [-0.3, -0.25) is 8.80 Å². The number of carboxylic acid groups (broad SMARTS) is 3. The molecular weight excluding hydrogens is 1030 g/mol. The van der Waals surface area contributed by atoms with Crippen LogP contribution in [0.4, 0.5) is 51.3 Å². The molecule has 2 saturated heterocycles. The van der Waals surface area contributed by atoms with Crippen molar-refractivity contribution in [2.24, 2.45) is 17.6 Å². The highest BCUT2D eigenvalue weighted by molar-refractivity contribution is 5.93. The van der Waals surface area contributed by atoms with Gasteiger partial charge in [0.2, 0.25) is 0 Å². The number of aliphatic carboxylic acids is 2. The number of halogens is 8. The van der Waals surface area contributed by atoms with E-state index in [4.69, 9.17) is 35.5 Å². The van der Waals surface area contributed by atoms with Gasteiger partial charge < -0.3 is 35.8 Å². The minimum Gasteiger partial charge on any atom is -0.475 e. The van der Waals surface area contributed by atoms with Gasteiger partial charge in [0, 0.05) is 61.4 Å². The lowest BCUT2D eigenvalue weighted by molar-refractivity contribution is -0.193. The van der Waals surface area contributed by atoms with Crippen LogP contribution in [0.15, 0.2) is 97.3 Å². The monoisotopic (exact) mass is 1080 g/mol. The third-order valence-electron chi connectivity index (χ3n) is 12.8. The molecule has 0 aliphatic carbocycles. The normalized spacial score (nSPS) is 14.6. The lowest BCUT2D eigenvalue weighted by atomic mass is 9.93. The van der Waals surface area contributed by atoms with E-state index in [-0.39, 0.29) is 17.6 Å². The molecule has 2 aliphatic heterocycles. The van der Waals surface area contributed by atoms with Crippen molar-refractivity contribution in [2.75, 3.05) is 49.1 Å². The van der Waals surface area contributed by atoms with Gasteiger partial charge in [-0.1, -0.05) is 24.3 Å². The number of anilines is 2. The summed E-state index contributed by atoms with van der Waals surface area (Å²) in [6, 6.07) is 25.1. The number of carboxylic acids is 2. The number of nitrogens with zero attached hydrogens (tertiary/aromatic N) is 11. The second kappa shape index (κ2) is 23.3. The number of alkyl halides is 6. The summed E-state index contributed by atoms with van der Waals surface area (Å²) in [4.78, 5) is 45.2. The molecule has 2 aromatic carbocycles. The highest BCUT2D eigenvalue weighted by atomic mass is 19.4. The molecule has 0 bridgehead atoms. The Morgan fingerprint density at radius 1 is 0.597 bits per heavy atom. The van der Waals surface area contributed by atoms with Crippen molar-refractivity contribution in [3.63, 3.8) is 0 Å². The molecule has 8 aromatic rings. The first-order valence-electron chi connectivity index (χ1n) is 23.9. The molecule has 6 aromatic heterocycles. The fourth-order valence-electron chi connectivity index (χ4n) is 8.79. The van der Waals surface area contributed by atoms with Crippen LogP contribution in [0, 0.1) is 23.5 Å². The van der Waals surface area contributed by atoms with Gasteiger partial charge in [0.25, 0.3) is 0 Å². The van der Waals surface area contributed by atoms with Crippen LogP contribution in [0.5, 0.6) is 0 Å². The topological polar surface area (TPSA) is 234 Å². The quantitative estimate of drug-likeness (QED) is 0.109. The molecule has 2 aliphatic rings. The van der Waals surface area contributed by atoms with Crippen molar-refractivity contribution >= 4 is 62.5 Å². The van der Waals surface area contributed by atoms with Crippen LogP contribution in [0.2, 0.25) is 0 Å². The van der Waals surface area contributed by atoms with Crippen LogP contribution in [0.25, 0.3) is 56.1 Å². The van der Waals surface area contributed by atoms with Gasteiger partial charge in [0.1, 0.15) is 23.0 Å². The van der Waals surface area contributed by atoms with E-state index in [1.165, 1.54) is 17.0 Å². The third-order valence-corrected chi connectivity index (χ3v) is 12.8. The lowest BCUT2D eigenvalue weighted by Gasteiger charge is -2.39. The number of aromatic nitrogens is 8. The average Bonchev–Trinajstić information content (AvgIpc) is 4.03. The third kappa shape index (κ3) is 13.8. The molecule has 1 amide bonds. The fraction of sp³-hybridized carbons (Fsp3) is 0.353. The first kappa shape index (κ1) is 56.4. The first-order valence-corrected chi connectivity index (χ1v) is 23.9. The summed E-state index contributed by atoms with van der Waals surface area (Å²) in [7, 11) is 0. The van der Waals surface area contributed by atoms with Crippen molar-refractivity contribution in [2.45, 2.75) is 64.3 Å². The zero-order valence-corrected chi connectivity index (χ0v) is 41.6. The zero-order valence-electron chi connectivity index (χ0n) is 41.6. The second-order valence-corrected chi connectivity index (χ2v) is 19.1. The van der Waals surface area contributed by atoms with Crippen LogP contribution in [-0.4, -0.2) is 135 Å². The number of carbonyl (C=O) groups is 3. The number of amides is 1. The van der Waals surface area contributed by atoms with Crippen molar-refractivity contribution in [3.8, 4) is 23.0 Å².